The summed E-state index contributed by atoms with van der Waals surface area (Å²) in [7, 11) is 0. The molecule has 9 nitrogen and oxygen atoms in total. The maximum absolute atomic E-state index is 12.7. The van der Waals surface area contributed by atoms with Crippen LogP contribution in [0.1, 0.15) is 43.4 Å². The van der Waals surface area contributed by atoms with Crippen molar-refractivity contribution in [2.24, 2.45) is 0 Å². The van der Waals surface area contributed by atoms with E-state index in [2.05, 4.69) is 16.3 Å². The Morgan fingerprint density at radius 3 is 2.97 bits per heavy atom. The maximum Gasteiger partial charge on any atom is 0.292 e. The second-order valence-corrected chi connectivity index (χ2v) is 8.90. The van der Waals surface area contributed by atoms with Crippen LogP contribution in [0.15, 0.2) is 39.6 Å². The molecule has 176 valence electrons. The molecule has 3 aromatic heterocycles. The minimum absolute atomic E-state index is 0.0146. The molecule has 0 radical (unpaired) electrons. The fraction of sp³-hybridized carbons (Fsp3) is 0.360. The zero-order chi connectivity index (χ0) is 24.0. The molecule has 3 N–H and O–H groups in total. The topological polar surface area (TPSA) is 123 Å². The Hall–Kier alpha value is -3.88. The summed E-state index contributed by atoms with van der Waals surface area (Å²) in [6.45, 7) is 7.20. The largest absolute Gasteiger partial charge is 0.454 e. The third-order valence-corrected chi connectivity index (χ3v) is 6.52. The van der Waals surface area contributed by atoms with Crippen molar-refractivity contribution < 1.29 is 9.21 Å². The van der Waals surface area contributed by atoms with Crippen LogP contribution < -0.4 is 11.3 Å². The zero-order valence-electron chi connectivity index (χ0n) is 19.6. The number of aromatic nitrogens is 4. The van der Waals surface area contributed by atoms with Crippen LogP contribution in [0.4, 0.5) is 5.82 Å². The molecule has 0 spiro atoms. The molecule has 4 aromatic rings. The van der Waals surface area contributed by atoms with Crippen molar-refractivity contribution in [1.82, 2.24) is 24.9 Å². The van der Waals surface area contributed by atoms with Crippen molar-refractivity contribution in [3.05, 3.63) is 51.8 Å². The van der Waals surface area contributed by atoms with Gasteiger partial charge >= 0.3 is 0 Å². The highest BCUT2D eigenvalue weighted by Gasteiger charge is 2.31. The van der Waals surface area contributed by atoms with E-state index in [9.17, 15) is 9.59 Å². The van der Waals surface area contributed by atoms with E-state index in [1.807, 2.05) is 48.6 Å². The predicted octanol–water partition coefficient (Wildman–Crippen LogP) is 3.86. The summed E-state index contributed by atoms with van der Waals surface area (Å²) in [6, 6.07) is 5.89. The molecule has 0 saturated carbocycles. The van der Waals surface area contributed by atoms with Crippen LogP contribution in [0.5, 0.6) is 0 Å². The van der Waals surface area contributed by atoms with E-state index in [0.29, 0.717) is 29.9 Å². The number of nitrogens with zero attached hydrogens (tertiary/aromatic N) is 4. The van der Waals surface area contributed by atoms with E-state index in [4.69, 9.17) is 15.2 Å². The maximum atomic E-state index is 12.7. The Balaban J connectivity index is 1.70. The molecule has 0 bridgehead atoms. The van der Waals surface area contributed by atoms with Gasteiger partial charge in [0.1, 0.15) is 11.3 Å². The minimum Gasteiger partial charge on any atom is -0.454 e. The lowest BCUT2D eigenvalue weighted by atomic mass is 10.0. The predicted molar refractivity (Wildman–Crippen MR) is 132 cm³/mol. The summed E-state index contributed by atoms with van der Waals surface area (Å²) in [6.07, 6.45) is 5.93. The number of anilines is 1. The number of rotatable bonds is 4. The average molecular weight is 461 g/mol. The summed E-state index contributed by atoms with van der Waals surface area (Å²) in [5, 5.41) is 12.6. The van der Waals surface area contributed by atoms with Gasteiger partial charge in [0.25, 0.3) is 5.56 Å². The number of nitrogens with two attached hydrogens (primary N) is 1. The molecular formula is C25H28N6O3. The molecule has 1 aliphatic rings. The van der Waals surface area contributed by atoms with E-state index < -0.39 is 5.56 Å². The smallest absolute Gasteiger partial charge is 0.292 e. The second-order valence-electron chi connectivity index (χ2n) is 8.90. The lowest BCUT2D eigenvalue weighted by Gasteiger charge is -2.33. The number of H-pyrrole nitrogens is 1. The molecule has 9 heteroatoms. The number of amides is 1. The standard InChI is InChI=1S/C25H28N6O3/c1-4-5-8-19(32)30-11-6-7-16(13-30)31-22(20-21(29-31)25(33)28-27-24(20)26)23-15(3)17-12-14(2)9-10-18(17)34-23/h5,8-10,12,16H,4,6-7,11,13H2,1-3H3,(H2,26,27)(H,28,33). The van der Waals surface area contributed by atoms with E-state index in [1.54, 1.807) is 6.08 Å². The first-order valence-corrected chi connectivity index (χ1v) is 11.6. The Labute approximate surface area is 196 Å². The number of piperidine rings is 1. The highest BCUT2D eigenvalue weighted by atomic mass is 16.3. The summed E-state index contributed by atoms with van der Waals surface area (Å²) >= 11 is 0. The summed E-state index contributed by atoms with van der Waals surface area (Å²) in [5.41, 5.74) is 9.50. The number of hydrogen-bond acceptors (Lipinski definition) is 6. The number of benzene rings is 1. The van der Waals surface area contributed by atoms with Crippen LogP contribution in [0, 0.1) is 13.8 Å². The number of aryl methyl sites for hydroxylation is 2. The van der Waals surface area contributed by atoms with Crippen molar-refractivity contribution in [3.8, 4) is 11.5 Å². The van der Waals surface area contributed by atoms with Crippen LogP contribution in [0.3, 0.4) is 0 Å². The number of nitrogen functional groups attached to an aromatic ring is 1. The van der Waals surface area contributed by atoms with Gasteiger partial charge in [0.15, 0.2) is 17.1 Å². The van der Waals surface area contributed by atoms with Crippen molar-refractivity contribution in [2.45, 2.75) is 46.1 Å². The molecule has 1 saturated heterocycles. The van der Waals surface area contributed by atoms with Gasteiger partial charge < -0.3 is 15.1 Å². The number of carbonyl (C=O) groups is 1. The van der Waals surface area contributed by atoms with E-state index in [0.717, 1.165) is 41.4 Å². The third-order valence-electron chi connectivity index (χ3n) is 6.52. The van der Waals surface area contributed by atoms with Gasteiger partial charge in [-0.05, 0) is 51.3 Å². The van der Waals surface area contributed by atoms with Crippen molar-refractivity contribution in [3.63, 3.8) is 0 Å². The highest BCUT2D eigenvalue weighted by Crippen LogP contribution is 2.40. The zero-order valence-corrected chi connectivity index (χ0v) is 19.6. The van der Waals surface area contributed by atoms with Crippen molar-refractivity contribution in [1.29, 1.82) is 0 Å². The fourth-order valence-electron chi connectivity index (χ4n) is 4.78. The number of allylic oxidation sites excluding steroid dienone is 1. The van der Waals surface area contributed by atoms with Gasteiger partial charge in [-0.3, -0.25) is 14.3 Å². The SMILES string of the molecule is CCC=CC(=O)N1CCCC(n2nc3c(=O)[nH]nc(N)c3c2-c2oc3ccc(C)cc3c2C)C1. The molecular weight excluding hydrogens is 432 g/mol. The third kappa shape index (κ3) is 3.57. The van der Waals surface area contributed by atoms with Gasteiger partial charge in [-0.25, -0.2) is 5.10 Å². The lowest BCUT2D eigenvalue weighted by Crippen LogP contribution is -2.40. The number of likely N-dealkylation sites (tertiary alicyclic amines) is 1. The second kappa shape index (κ2) is 8.48. The summed E-state index contributed by atoms with van der Waals surface area (Å²) in [5.74, 6) is 0.775. The average Bonchev–Trinajstić information content (AvgIpc) is 3.39. The molecule has 5 rings (SSSR count). The molecule has 1 aliphatic heterocycles. The van der Waals surface area contributed by atoms with Crippen LogP contribution >= 0.6 is 0 Å². The number of carbonyl (C=O) groups excluding carboxylic acids is 1. The number of hydrogen-bond donors (Lipinski definition) is 2. The van der Waals surface area contributed by atoms with E-state index >= 15 is 0 Å². The van der Waals surface area contributed by atoms with E-state index in [-0.39, 0.29) is 23.3 Å². The fourth-order valence-corrected chi connectivity index (χ4v) is 4.78. The Kier molecular flexibility index (Phi) is 5.47. The first kappa shape index (κ1) is 21.9. The molecule has 1 unspecified atom stereocenters. The van der Waals surface area contributed by atoms with Crippen LogP contribution in [0.25, 0.3) is 33.3 Å². The minimum atomic E-state index is -0.413. The van der Waals surface area contributed by atoms with Gasteiger partial charge in [0.05, 0.1) is 11.4 Å². The molecule has 1 atom stereocenters. The molecule has 1 amide bonds. The Morgan fingerprint density at radius 1 is 1.35 bits per heavy atom. The molecule has 1 fully saturated rings. The van der Waals surface area contributed by atoms with Gasteiger partial charge in [-0.15, -0.1) is 0 Å². The Morgan fingerprint density at radius 2 is 2.18 bits per heavy atom. The van der Waals surface area contributed by atoms with Gasteiger partial charge in [0.2, 0.25) is 5.91 Å². The number of aromatic amines is 1. The van der Waals surface area contributed by atoms with Crippen LogP contribution in [-0.2, 0) is 4.79 Å². The lowest BCUT2D eigenvalue weighted by molar-refractivity contribution is -0.127. The first-order valence-electron chi connectivity index (χ1n) is 11.6. The summed E-state index contributed by atoms with van der Waals surface area (Å²) < 4.78 is 8.13. The van der Waals surface area contributed by atoms with Gasteiger partial charge in [0, 0.05) is 24.0 Å². The van der Waals surface area contributed by atoms with Crippen molar-refractivity contribution >= 4 is 33.6 Å². The van der Waals surface area contributed by atoms with Crippen molar-refractivity contribution in [2.75, 3.05) is 18.8 Å². The molecule has 0 aliphatic carbocycles. The van der Waals surface area contributed by atoms with Crippen LogP contribution in [-0.4, -0.2) is 43.9 Å². The Bertz CT molecular complexity index is 1490. The van der Waals surface area contributed by atoms with Gasteiger partial charge in [-0.2, -0.15) is 10.2 Å². The molecule has 1 aromatic carbocycles. The molecule has 34 heavy (non-hydrogen) atoms. The monoisotopic (exact) mass is 460 g/mol. The number of fused-ring (bicyclic) bond motifs is 2. The normalized spacial score (nSPS) is 16.8. The highest BCUT2D eigenvalue weighted by molar-refractivity contribution is 6.01. The number of nitrogens with one attached hydrogen (secondary N) is 1. The van der Waals surface area contributed by atoms with Gasteiger partial charge in [-0.1, -0.05) is 24.6 Å². The number of furan rings is 1. The summed E-state index contributed by atoms with van der Waals surface area (Å²) in [4.78, 5) is 27.2. The quantitative estimate of drug-likeness (QED) is 0.446. The van der Waals surface area contributed by atoms with Crippen LogP contribution in [0.2, 0.25) is 0 Å². The molecule has 4 heterocycles. The first-order chi connectivity index (χ1) is 16.4. The van der Waals surface area contributed by atoms with E-state index in [1.165, 1.54) is 0 Å².